The smallest absolute Gasteiger partial charge is 0.325 e. The van der Waals surface area contributed by atoms with Crippen molar-refractivity contribution in [3.05, 3.63) is 52.5 Å². The molecule has 1 amide bonds. The monoisotopic (exact) mass is 405 g/mol. The number of methoxy groups -OCH3 is 1. The Morgan fingerprint density at radius 2 is 1.89 bits per heavy atom. The Labute approximate surface area is 167 Å². The number of nitrogens with one attached hydrogen (secondary N) is 1. The van der Waals surface area contributed by atoms with E-state index >= 15 is 0 Å². The zero-order valence-electron chi connectivity index (χ0n) is 15.3. The normalized spacial score (nSPS) is 12.6. The van der Waals surface area contributed by atoms with E-state index in [0.717, 1.165) is 6.42 Å². The first-order valence-electron chi connectivity index (χ1n) is 8.72. The van der Waals surface area contributed by atoms with E-state index in [1.165, 1.54) is 0 Å². The lowest BCUT2D eigenvalue weighted by molar-refractivity contribution is -0.143. The van der Waals surface area contributed by atoms with Crippen LogP contribution < -0.4 is 19.5 Å². The van der Waals surface area contributed by atoms with Crippen LogP contribution in [0.5, 0.6) is 17.2 Å². The van der Waals surface area contributed by atoms with Crippen LogP contribution in [0.3, 0.4) is 0 Å². The highest BCUT2D eigenvalue weighted by Crippen LogP contribution is 2.38. The minimum atomic E-state index is -0.565. The van der Waals surface area contributed by atoms with Crippen LogP contribution in [0.2, 0.25) is 5.02 Å². The van der Waals surface area contributed by atoms with E-state index in [4.69, 9.17) is 30.5 Å². The summed E-state index contributed by atoms with van der Waals surface area (Å²) in [5, 5.41) is 2.92. The van der Waals surface area contributed by atoms with Crippen molar-refractivity contribution < 1.29 is 28.5 Å². The maximum Gasteiger partial charge on any atom is 0.325 e. The number of benzene rings is 2. The third kappa shape index (κ3) is 5.07. The van der Waals surface area contributed by atoms with Crippen LogP contribution in [-0.4, -0.2) is 38.7 Å². The molecule has 2 aromatic rings. The number of amides is 1. The quantitative estimate of drug-likeness (QED) is 0.744. The summed E-state index contributed by atoms with van der Waals surface area (Å²) in [6.07, 6.45) is 0.767. The van der Waals surface area contributed by atoms with Crippen molar-refractivity contribution in [2.75, 3.05) is 26.9 Å². The molecular weight excluding hydrogens is 386 g/mol. The van der Waals surface area contributed by atoms with Crippen molar-refractivity contribution in [3.8, 4) is 17.2 Å². The van der Waals surface area contributed by atoms with Gasteiger partial charge < -0.3 is 24.3 Å². The Kier molecular flexibility index (Phi) is 6.60. The van der Waals surface area contributed by atoms with E-state index in [-0.39, 0.29) is 19.1 Å². The molecule has 0 saturated heterocycles. The second-order valence-electron chi connectivity index (χ2n) is 6.03. The molecule has 0 atom stereocenters. The number of hydrogen-bond donors (Lipinski definition) is 1. The Morgan fingerprint density at radius 3 is 2.64 bits per heavy atom. The first kappa shape index (κ1) is 19.8. The van der Waals surface area contributed by atoms with Gasteiger partial charge in [-0.1, -0.05) is 11.6 Å². The molecule has 1 aliphatic rings. The fraction of sp³-hybridized carbons (Fsp3) is 0.300. The van der Waals surface area contributed by atoms with Crippen molar-refractivity contribution in [1.82, 2.24) is 5.32 Å². The average molecular weight is 406 g/mol. The Hall–Kier alpha value is -2.93. The number of rotatable bonds is 6. The van der Waals surface area contributed by atoms with Crippen LogP contribution in [0.25, 0.3) is 0 Å². The lowest BCUT2D eigenvalue weighted by Crippen LogP contribution is -2.30. The molecule has 1 N–H and O–H groups in total. The van der Waals surface area contributed by atoms with Gasteiger partial charge in [-0.3, -0.25) is 9.59 Å². The van der Waals surface area contributed by atoms with Gasteiger partial charge in [-0.2, -0.15) is 0 Å². The van der Waals surface area contributed by atoms with Gasteiger partial charge in [0, 0.05) is 12.0 Å². The van der Waals surface area contributed by atoms with Crippen LogP contribution in [0.1, 0.15) is 22.3 Å². The molecule has 0 radical (unpaired) electrons. The highest BCUT2D eigenvalue weighted by atomic mass is 35.5. The van der Waals surface area contributed by atoms with Gasteiger partial charge in [-0.25, -0.2) is 0 Å². The molecule has 148 valence electrons. The molecule has 28 heavy (non-hydrogen) atoms. The van der Waals surface area contributed by atoms with Crippen LogP contribution in [0, 0.1) is 0 Å². The van der Waals surface area contributed by atoms with Crippen LogP contribution in [0.4, 0.5) is 0 Å². The number of carbonyl (C=O) groups is 2. The summed E-state index contributed by atoms with van der Waals surface area (Å²) in [5.41, 5.74) is 1.09. The first-order chi connectivity index (χ1) is 13.6. The summed E-state index contributed by atoms with van der Waals surface area (Å²) < 4.78 is 21.4. The predicted molar refractivity (Wildman–Crippen MR) is 102 cm³/mol. The third-order valence-corrected chi connectivity index (χ3v) is 4.29. The molecule has 1 aliphatic heterocycles. The Balaban J connectivity index is 1.50. The zero-order valence-corrected chi connectivity index (χ0v) is 16.1. The maximum atomic E-state index is 12.1. The van der Waals surface area contributed by atoms with Crippen molar-refractivity contribution >= 4 is 23.5 Å². The molecule has 0 aliphatic carbocycles. The number of carbonyl (C=O) groups excluding carboxylic acids is 2. The lowest BCUT2D eigenvalue weighted by Gasteiger charge is -2.12. The van der Waals surface area contributed by atoms with Crippen molar-refractivity contribution in [3.63, 3.8) is 0 Å². The largest absolute Gasteiger partial charge is 0.497 e. The molecule has 7 nitrogen and oxygen atoms in total. The highest BCUT2D eigenvalue weighted by molar-refractivity contribution is 6.32. The van der Waals surface area contributed by atoms with Crippen molar-refractivity contribution in [2.24, 2.45) is 0 Å². The standard InChI is InChI=1S/C20H20ClNO6/c1-25-15-5-3-14(4-6-15)20(24)22-11-18(23)28-12-13-9-16(21)19-17(10-13)26-7-2-8-27-19/h3-6,9-10H,2,7-8,11-12H2,1H3,(H,22,24). The van der Waals surface area contributed by atoms with Gasteiger partial charge in [-0.05, 0) is 42.0 Å². The fourth-order valence-corrected chi connectivity index (χ4v) is 2.87. The van der Waals surface area contributed by atoms with Crippen LogP contribution in [0.15, 0.2) is 36.4 Å². The number of halogens is 1. The number of fused-ring (bicyclic) bond motifs is 1. The minimum absolute atomic E-state index is 0.00754. The van der Waals surface area contributed by atoms with E-state index in [9.17, 15) is 9.59 Å². The third-order valence-electron chi connectivity index (χ3n) is 4.01. The van der Waals surface area contributed by atoms with Gasteiger partial charge in [0.25, 0.3) is 5.91 Å². The van der Waals surface area contributed by atoms with Crippen LogP contribution >= 0.6 is 11.6 Å². The van der Waals surface area contributed by atoms with Crippen molar-refractivity contribution in [2.45, 2.75) is 13.0 Å². The minimum Gasteiger partial charge on any atom is -0.497 e. The fourth-order valence-electron chi connectivity index (χ4n) is 2.58. The maximum absolute atomic E-state index is 12.1. The van der Waals surface area contributed by atoms with E-state index in [0.29, 0.717) is 46.6 Å². The van der Waals surface area contributed by atoms with Gasteiger partial charge in [0.2, 0.25) is 0 Å². The van der Waals surface area contributed by atoms with Crippen LogP contribution in [-0.2, 0) is 16.1 Å². The molecule has 0 saturated carbocycles. The Bertz CT molecular complexity index is 853. The molecule has 0 aromatic heterocycles. The molecule has 0 fully saturated rings. The summed E-state index contributed by atoms with van der Waals surface area (Å²) in [6, 6.07) is 9.95. The molecule has 2 aromatic carbocycles. The van der Waals surface area contributed by atoms with Gasteiger partial charge in [0.15, 0.2) is 11.5 Å². The average Bonchev–Trinajstić information content (AvgIpc) is 2.96. The van der Waals surface area contributed by atoms with E-state index < -0.39 is 5.97 Å². The zero-order chi connectivity index (χ0) is 19.9. The summed E-state index contributed by atoms with van der Waals surface area (Å²) >= 11 is 6.22. The summed E-state index contributed by atoms with van der Waals surface area (Å²) in [5.74, 6) is 0.734. The van der Waals surface area contributed by atoms with E-state index in [1.54, 1.807) is 43.5 Å². The van der Waals surface area contributed by atoms with Crippen molar-refractivity contribution in [1.29, 1.82) is 0 Å². The molecule has 8 heteroatoms. The molecule has 0 spiro atoms. The molecule has 0 unspecified atom stereocenters. The number of esters is 1. The highest BCUT2D eigenvalue weighted by Gasteiger charge is 2.16. The predicted octanol–water partition coefficient (Wildman–Crippen LogP) is 2.98. The van der Waals surface area contributed by atoms with Gasteiger partial charge in [0.1, 0.15) is 18.9 Å². The van der Waals surface area contributed by atoms with Gasteiger partial charge >= 0.3 is 5.97 Å². The van der Waals surface area contributed by atoms with Gasteiger partial charge in [-0.15, -0.1) is 0 Å². The van der Waals surface area contributed by atoms with E-state index in [1.807, 2.05) is 0 Å². The molecule has 1 heterocycles. The number of ether oxygens (including phenoxy) is 4. The first-order valence-corrected chi connectivity index (χ1v) is 9.10. The second kappa shape index (κ2) is 9.32. The summed E-state index contributed by atoms with van der Waals surface area (Å²) in [4.78, 5) is 24.0. The summed E-state index contributed by atoms with van der Waals surface area (Å²) in [7, 11) is 1.54. The molecule has 3 rings (SSSR count). The molecular formula is C20H20ClNO6. The second-order valence-corrected chi connectivity index (χ2v) is 6.43. The number of hydrogen-bond acceptors (Lipinski definition) is 6. The molecule has 0 bridgehead atoms. The summed E-state index contributed by atoms with van der Waals surface area (Å²) in [6.45, 7) is 0.829. The van der Waals surface area contributed by atoms with E-state index in [2.05, 4.69) is 5.32 Å². The van der Waals surface area contributed by atoms with Gasteiger partial charge in [0.05, 0.1) is 25.3 Å². The Morgan fingerprint density at radius 1 is 1.14 bits per heavy atom. The topological polar surface area (TPSA) is 83.1 Å². The SMILES string of the molecule is COc1ccc(C(=O)NCC(=O)OCc2cc(Cl)c3c(c2)OCCCO3)cc1. The lowest BCUT2D eigenvalue weighted by atomic mass is 10.2.